The van der Waals surface area contributed by atoms with Crippen LogP contribution in [0, 0.1) is 0 Å². The van der Waals surface area contributed by atoms with Crippen molar-refractivity contribution in [3.05, 3.63) is 162 Å². The quantitative estimate of drug-likeness (QED) is 0.160. The number of aliphatic imine (C=N–C) groups is 1. The van der Waals surface area contributed by atoms with Crippen molar-refractivity contribution in [1.29, 1.82) is 0 Å². The Kier molecular flexibility index (Phi) is 11.7. The highest BCUT2D eigenvalue weighted by Crippen LogP contribution is 2.34. The van der Waals surface area contributed by atoms with E-state index in [4.69, 9.17) is 9.97 Å². The summed E-state index contributed by atoms with van der Waals surface area (Å²) in [5.74, 6) is 1.13. The maximum atomic E-state index is 5.03. The van der Waals surface area contributed by atoms with Crippen molar-refractivity contribution >= 4 is 23.1 Å². The molecule has 0 saturated heterocycles. The molecule has 0 N–H and O–H groups in total. The number of rotatable bonds is 9. The molecule has 0 aliphatic rings. The summed E-state index contributed by atoms with van der Waals surface area (Å²) in [4.78, 5) is 14.5. The molecule has 1 unspecified atom stereocenters. The number of hydrogen-bond acceptors (Lipinski definition) is 3. The minimum Gasteiger partial charge on any atom is -0.253 e. The van der Waals surface area contributed by atoms with E-state index < -0.39 is 0 Å². The van der Waals surface area contributed by atoms with Crippen molar-refractivity contribution in [2.75, 3.05) is 0 Å². The third-order valence-corrected chi connectivity index (χ3v) is 7.69. The molecule has 3 heteroatoms. The standard InChI is InChI=1S/C26H28N2.C16H15N/c1-6-11-23-24(19(5)7-2)25(21-12-9-8-10-13-21)28-26(27-23)22-16-14-20(15-17-22)18(3)4;1-13(15-9-5-3-6-10-15)17-14(2)16-11-7-4-8-12-16/h6,8-17,19H,3,7H2,1-2,4-5H3;3-12H,1H2,2H3/b11-6-;. The molecule has 1 atom stereocenters. The molecule has 0 bridgehead atoms. The fourth-order valence-corrected chi connectivity index (χ4v) is 4.95. The third-order valence-electron chi connectivity index (χ3n) is 7.69. The SMILES string of the molecule is C=C(C)c1ccc(-c2nc(/C=C\C)c(C(C)CC)c(-c3ccccc3)n2)cc1.C=C(N=C(C)c1ccccc1)c1ccccc1. The highest BCUT2D eigenvalue weighted by Gasteiger charge is 2.19. The first-order valence-electron chi connectivity index (χ1n) is 15.5. The molecule has 5 aromatic rings. The molecule has 0 spiro atoms. The van der Waals surface area contributed by atoms with Gasteiger partial charge in [-0.25, -0.2) is 9.97 Å². The molecule has 0 radical (unpaired) electrons. The van der Waals surface area contributed by atoms with Gasteiger partial charge < -0.3 is 0 Å². The Morgan fingerprint density at radius 2 is 1.27 bits per heavy atom. The molecule has 0 aliphatic carbocycles. The van der Waals surface area contributed by atoms with Crippen LogP contribution in [0.15, 0.2) is 139 Å². The van der Waals surface area contributed by atoms with Crippen LogP contribution in [0.2, 0.25) is 0 Å². The molecule has 226 valence electrons. The van der Waals surface area contributed by atoms with Crippen LogP contribution in [0.1, 0.15) is 74.9 Å². The summed E-state index contributed by atoms with van der Waals surface area (Å²) in [6.45, 7) is 18.5. The van der Waals surface area contributed by atoms with Gasteiger partial charge in [0, 0.05) is 22.4 Å². The van der Waals surface area contributed by atoms with Crippen LogP contribution in [0.25, 0.3) is 40.0 Å². The molecule has 0 aliphatic heterocycles. The van der Waals surface area contributed by atoms with Crippen LogP contribution >= 0.6 is 0 Å². The Hall–Kier alpha value is -5.15. The van der Waals surface area contributed by atoms with Gasteiger partial charge in [0.1, 0.15) is 0 Å². The smallest absolute Gasteiger partial charge is 0.160 e. The highest BCUT2D eigenvalue weighted by molar-refractivity contribution is 6.01. The Morgan fingerprint density at radius 3 is 1.80 bits per heavy atom. The first-order valence-corrected chi connectivity index (χ1v) is 15.5. The molecule has 3 nitrogen and oxygen atoms in total. The van der Waals surface area contributed by atoms with Crippen LogP contribution in [0.5, 0.6) is 0 Å². The average molecular weight is 590 g/mol. The zero-order valence-corrected chi connectivity index (χ0v) is 27.2. The number of aromatic nitrogens is 2. The van der Waals surface area contributed by atoms with Gasteiger partial charge in [-0.05, 0) is 55.9 Å². The fraction of sp³-hybridized carbons (Fsp3) is 0.167. The van der Waals surface area contributed by atoms with Crippen LogP contribution in [0.3, 0.4) is 0 Å². The zero-order valence-electron chi connectivity index (χ0n) is 27.2. The first-order chi connectivity index (χ1) is 21.8. The molecule has 0 fully saturated rings. The highest BCUT2D eigenvalue weighted by atomic mass is 14.9. The summed E-state index contributed by atoms with van der Waals surface area (Å²) in [7, 11) is 0. The minimum absolute atomic E-state index is 0.376. The molecular weight excluding hydrogens is 546 g/mol. The van der Waals surface area contributed by atoms with E-state index in [0.717, 1.165) is 68.4 Å². The maximum absolute atomic E-state index is 5.03. The lowest BCUT2D eigenvalue weighted by atomic mass is 9.91. The van der Waals surface area contributed by atoms with Gasteiger partial charge in [-0.2, -0.15) is 0 Å². The monoisotopic (exact) mass is 589 g/mol. The number of allylic oxidation sites excluding steroid dienone is 2. The molecule has 45 heavy (non-hydrogen) atoms. The van der Waals surface area contributed by atoms with Gasteiger partial charge in [0.25, 0.3) is 0 Å². The lowest BCUT2D eigenvalue weighted by Crippen LogP contribution is -2.06. The Morgan fingerprint density at radius 1 is 0.711 bits per heavy atom. The fourth-order valence-electron chi connectivity index (χ4n) is 4.95. The molecule has 1 heterocycles. The van der Waals surface area contributed by atoms with Gasteiger partial charge in [-0.15, -0.1) is 0 Å². The van der Waals surface area contributed by atoms with Crippen molar-refractivity contribution in [2.24, 2.45) is 4.99 Å². The van der Waals surface area contributed by atoms with E-state index >= 15 is 0 Å². The molecule has 1 aromatic heterocycles. The second-order valence-electron chi connectivity index (χ2n) is 11.1. The second-order valence-corrected chi connectivity index (χ2v) is 11.1. The minimum atomic E-state index is 0.376. The Balaban J connectivity index is 0.000000231. The van der Waals surface area contributed by atoms with Gasteiger partial charge >= 0.3 is 0 Å². The van der Waals surface area contributed by atoms with E-state index in [0.29, 0.717) is 5.92 Å². The van der Waals surface area contributed by atoms with Gasteiger partial charge in [0.05, 0.1) is 17.1 Å². The Labute approximate surface area is 269 Å². The Bertz CT molecular complexity index is 1770. The summed E-state index contributed by atoms with van der Waals surface area (Å²) in [6.07, 6.45) is 5.19. The molecular formula is C42H43N3. The lowest BCUT2D eigenvalue weighted by Gasteiger charge is -2.18. The van der Waals surface area contributed by atoms with Crippen molar-refractivity contribution in [2.45, 2.75) is 47.0 Å². The number of nitrogens with zero attached hydrogens (tertiary/aromatic N) is 3. The van der Waals surface area contributed by atoms with E-state index in [1.54, 1.807) is 0 Å². The van der Waals surface area contributed by atoms with Crippen molar-refractivity contribution in [1.82, 2.24) is 9.97 Å². The average Bonchev–Trinajstić information content (AvgIpc) is 3.09. The van der Waals surface area contributed by atoms with Gasteiger partial charge in [-0.1, -0.05) is 154 Å². The second kappa shape index (κ2) is 16.1. The summed E-state index contributed by atoms with van der Waals surface area (Å²) >= 11 is 0. The van der Waals surface area contributed by atoms with Crippen LogP contribution in [0.4, 0.5) is 0 Å². The van der Waals surface area contributed by atoms with Crippen molar-refractivity contribution in [3.8, 4) is 22.6 Å². The van der Waals surface area contributed by atoms with Crippen LogP contribution < -0.4 is 0 Å². The van der Waals surface area contributed by atoms with E-state index in [2.05, 4.69) is 105 Å². The normalized spacial score (nSPS) is 11.9. The summed E-state index contributed by atoms with van der Waals surface area (Å²) in [6, 6.07) is 38.9. The lowest BCUT2D eigenvalue weighted by molar-refractivity contribution is 0.725. The summed E-state index contributed by atoms with van der Waals surface area (Å²) < 4.78 is 0. The summed E-state index contributed by atoms with van der Waals surface area (Å²) in [5.41, 5.74) is 11.6. The van der Waals surface area contributed by atoms with Crippen molar-refractivity contribution in [3.63, 3.8) is 0 Å². The van der Waals surface area contributed by atoms with Crippen molar-refractivity contribution < 1.29 is 0 Å². The largest absolute Gasteiger partial charge is 0.253 e. The zero-order chi connectivity index (χ0) is 32.2. The summed E-state index contributed by atoms with van der Waals surface area (Å²) in [5, 5.41) is 0. The van der Waals surface area contributed by atoms with E-state index in [9.17, 15) is 0 Å². The van der Waals surface area contributed by atoms with E-state index in [1.807, 2.05) is 75.4 Å². The van der Waals surface area contributed by atoms with Gasteiger partial charge in [0.2, 0.25) is 0 Å². The van der Waals surface area contributed by atoms with Gasteiger partial charge in [0.15, 0.2) is 5.82 Å². The number of hydrogen-bond donors (Lipinski definition) is 0. The molecule has 4 aromatic carbocycles. The predicted octanol–water partition coefficient (Wildman–Crippen LogP) is 11.6. The molecule has 5 rings (SSSR count). The van der Waals surface area contributed by atoms with Gasteiger partial charge in [-0.3, -0.25) is 4.99 Å². The predicted molar refractivity (Wildman–Crippen MR) is 195 cm³/mol. The maximum Gasteiger partial charge on any atom is 0.160 e. The van der Waals surface area contributed by atoms with Crippen LogP contribution in [-0.4, -0.2) is 15.7 Å². The number of benzene rings is 4. The van der Waals surface area contributed by atoms with E-state index in [1.165, 1.54) is 5.56 Å². The van der Waals surface area contributed by atoms with E-state index in [-0.39, 0.29) is 0 Å². The third kappa shape index (κ3) is 8.70. The van der Waals surface area contributed by atoms with Crippen LogP contribution in [-0.2, 0) is 0 Å². The first kappa shape index (κ1) is 32.8. The topological polar surface area (TPSA) is 38.1 Å². The molecule has 0 saturated carbocycles. The molecule has 0 amide bonds.